The molecule has 0 spiro atoms. The van der Waals surface area contributed by atoms with Gasteiger partial charge in [0.15, 0.2) is 0 Å². The van der Waals surface area contributed by atoms with E-state index >= 15 is 0 Å². The zero-order chi connectivity index (χ0) is 13.9. The number of para-hydroxylation sites is 2. The number of rotatable bonds is 4. The summed E-state index contributed by atoms with van der Waals surface area (Å²) in [5, 5.41) is 2.82. The van der Waals surface area contributed by atoms with Gasteiger partial charge in [-0.2, -0.15) is 0 Å². The highest BCUT2D eigenvalue weighted by Crippen LogP contribution is 2.11. The van der Waals surface area contributed by atoms with Crippen LogP contribution in [-0.2, 0) is 16.1 Å². The number of H-pyrrole nitrogens is 1. The normalized spacial score (nSPS) is 18.5. The lowest BCUT2D eigenvalue weighted by Gasteiger charge is -2.10. The number of carbonyl (C=O) groups is 1. The molecule has 6 nitrogen and oxygen atoms in total. The first-order chi connectivity index (χ1) is 9.75. The Morgan fingerprint density at radius 2 is 2.30 bits per heavy atom. The lowest BCUT2D eigenvalue weighted by Crippen LogP contribution is -2.37. The van der Waals surface area contributed by atoms with Crippen LogP contribution in [0.1, 0.15) is 12.8 Å². The molecule has 20 heavy (non-hydrogen) atoms. The molecule has 1 amide bonds. The van der Waals surface area contributed by atoms with Gasteiger partial charge in [-0.15, -0.1) is 0 Å². The lowest BCUT2D eigenvalue weighted by atomic mass is 10.2. The van der Waals surface area contributed by atoms with Gasteiger partial charge in [-0.3, -0.25) is 9.36 Å². The fraction of sp³-hybridized carbons (Fsp3) is 0.429. The van der Waals surface area contributed by atoms with E-state index < -0.39 is 0 Å². The molecule has 0 aliphatic carbocycles. The Kier molecular flexibility index (Phi) is 3.56. The molecule has 2 N–H and O–H groups in total. The molecule has 1 unspecified atom stereocenters. The molecule has 6 heteroatoms. The molecule has 1 fully saturated rings. The zero-order valence-electron chi connectivity index (χ0n) is 11.1. The van der Waals surface area contributed by atoms with Crippen molar-refractivity contribution < 1.29 is 9.53 Å². The molecule has 1 saturated heterocycles. The number of benzene rings is 1. The molecule has 2 aromatic rings. The van der Waals surface area contributed by atoms with Crippen LogP contribution < -0.4 is 11.0 Å². The van der Waals surface area contributed by atoms with E-state index in [4.69, 9.17) is 4.74 Å². The molecule has 1 atom stereocenters. The van der Waals surface area contributed by atoms with Gasteiger partial charge in [-0.05, 0) is 25.0 Å². The Morgan fingerprint density at radius 3 is 3.10 bits per heavy atom. The van der Waals surface area contributed by atoms with Gasteiger partial charge in [0, 0.05) is 19.7 Å². The van der Waals surface area contributed by atoms with E-state index in [2.05, 4.69) is 10.3 Å². The van der Waals surface area contributed by atoms with Crippen molar-refractivity contribution in [3.05, 3.63) is 34.7 Å². The maximum Gasteiger partial charge on any atom is 0.326 e. The summed E-state index contributed by atoms with van der Waals surface area (Å²) in [6.07, 6.45) is 1.38. The van der Waals surface area contributed by atoms with Crippen LogP contribution in [0.15, 0.2) is 29.1 Å². The number of hydrogen-bond acceptors (Lipinski definition) is 3. The third-order valence-electron chi connectivity index (χ3n) is 3.54. The van der Waals surface area contributed by atoms with Crippen LogP contribution in [0, 0.1) is 0 Å². The zero-order valence-corrected chi connectivity index (χ0v) is 11.1. The van der Waals surface area contributed by atoms with Gasteiger partial charge in [0.05, 0.1) is 11.0 Å². The SMILES string of the molecule is O=C(NCCn1c(=O)[nH]c2ccccc21)C1CCCO1. The Bertz CT molecular complexity index is 668. The van der Waals surface area contributed by atoms with Crippen LogP contribution >= 0.6 is 0 Å². The molecular formula is C14H17N3O3. The first kappa shape index (κ1) is 12.9. The highest BCUT2D eigenvalue weighted by Gasteiger charge is 2.22. The molecule has 3 rings (SSSR count). The van der Waals surface area contributed by atoms with E-state index in [-0.39, 0.29) is 17.7 Å². The lowest BCUT2D eigenvalue weighted by molar-refractivity contribution is -0.130. The van der Waals surface area contributed by atoms with E-state index in [1.807, 2.05) is 24.3 Å². The number of hydrogen-bond donors (Lipinski definition) is 2. The van der Waals surface area contributed by atoms with Crippen molar-refractivity contribution in [2.45, 2.75) is 25.5 Å². The summed E-state index contributed by atoms with van der Waals surface area (Å²) >= 11 is 0. The maximum atomic E-state index is 11.8. The van der Waals surface area contributed by atoms with E-state index in [9.17, 15) is 9.59 Å². The molecule has 106 valence electrons. The number of nitrogens with zero attached hydrogens (tertiary/aromatic N) is 1. The van der Waals surface area contributed by atoms with E-state index in [0.29, 0.717) is 19.7 Å². The van der Waals surface area contributed by atoms with Gasteiger partial charge >= 0.3 is 5.69 Å². The predicted octanol–water partition coefficient (Wildman–Crippen LogP) is 0.625. The van der Waals surface area contributed by atoms with Crippen molar-refractivity contribution in [2.75, 3.05) is 13.2 Å². The summed E-state index contributed by atoms with van der Waals surface area (Å²) in [5.41, 5.74) is 1.50. The first-order valence-corrected chi connectivity index (χ1v) is 6.82. The molecule has 1 aromatic carbocycles. The van der Waals surface area contributed by atoms with E-state index in [0.717, 1.165) is 23.9 Å². The van der Waals surface area contributed by atoms with Gasteiger partial charge < -0.3 is 15.0 Å². The van der Waals surface area contributed by atoms with Crippen molar-refractivity contribution in [3.63, 3.8) is 0 Å². The quantitative estimate of drug-likeness (QED) is 0.859. The molecule has 1 aliphatic rings. The van der Waals surface area contributed by atoms with Gasteiger partial charge in [0.2, 0.25) is 5.91 Å². The number of carbonyl (C=O) groups excluding carboxylic acids is 1. The number of fused-ring (bicyclic) bond motifs is 1. The summed E-state index contributed by atoms with van der Waals surface area (Å²) in [7, 11) is 0. The second-order valence-corrected chi connectivity index (χ2v) is 4.89. The Morgan fingerprint density at radius 1 is 1.45 bits per heavy atom. The van der Waals surface area contributed by atoms with Gasteiger partial charge in [-0.1, -0.05) is 12.1 Å². The van der Waals surface area contributed by atoms with Crippen LogP contribution in [-0.4, -0.2) is 34.7 Å². The van der Waals surface area contributed by atoms with Crippen LogP contribution in [0.5, 0.6) is 0 Å². The average molecular weight is 275 g/mol. The summed E-state index contributed by atoms with van der Waals surface area (Å²) in [5.74, 6) is -0.0876. The molecule has 1 aliphatic heterocycles. The number of ether oxygens (including phenoxy) is 1. The standard InChI is InChI=1S/C14H17N3O3/c18-13(12-6-3-9-20-12)15-7-8-17-11-5-2-1-4-10(11)16-14(17)19/h1-2,4-5,12H,3,6-9H2,(H,15,18)(H,16,19). The number of aromatic amines is 1. The van der Waals surface area contributed by atoms with Crippen molar-refractivity contribution in [3.8, 4) is 0 Å². The van der Waals surface area contributed by atoms with Gasteiger partial charge in [0.1, 0.15) is 6.10 Å². The smallest absolute Gasteiger partial charge is 0.326 e. The number of imidazole rings is 1. The third-order valence-corrected chi connectivity index (χ3v) is 3.54. The highest BCUT2D eigenvalue weighted by molar-refractivity contribution is 5.81. The van der Waals surface area contributed by atoms with Crippen molar-refractivity contribution in [1.29, 1.82) is 0 Å². The summed E-state index contributed by atoms with van der Waals surface area (Å²) < 4.78 is 6.94. The third kappa shape index (κ3) is 2.46. The van der Waals surface area contributed by atoms with Crippen LogP contribution in [0.2, 0.25) is 0 Å². The minimum atomic E-state index is -0.324. The minimum absolute atomic E-state index is 0.0876. The largest absolute Gasteiger partial charge is 0.368 e. The summed E-state index contributed by atoms with van der Waals surface area (Å²) in [4.78, 5) is 26.4. The fourth-order valence-corrected chi connectivity index (χ4v) is 2.52. The second-order valence-electron chi connectivity index (χ2n) is 4.89. The molecule has 0 radical (unpaired) electrons. The van der Waals surface area contributed by atoms with Crippen molar-refractivity contribution in [2.24, 2.45) is 0 Å². The summed E-state index contributed by atoms with van der Waals surface area (Å²) in [6.45, 7) is 1.52. The topological polar surface area (TPSA) is 76.1 Å². The molecular weight excluding hydrogens is 258 g/mol. The molecule has 0 saturated carbocycles. The molecule has 1 aromatic heterocycles. The maximum absolute atomic E-state index is 11.8. The van der Waals surface area contributed by atoms with Gasteiger partial charge in [0.25, 0.3) is 0 Å². The summed E-state index contributed by atoms with van der Waals surface area (Å²) in [6, 6.07) is 7.51. The van der Waals surface area contributed by atoms with Crippen LogP contribution in [0.25, 0.3) is 11.0 Å². The second kappa shape index (κ2) is 5.50. The Labute approximate surface area is 115 Å². The van der Waals surface area contributed by atoms with Gasteiger partial charge in [-0.25, -0.2) is 4.79 Å². The number of aromatic nitrogens is 2. The average Bonchev–Trinajstić information content (AvgIpc) is 3.07. The number of amides is 1. The van der Waals surface area contributed by atoms with Crippen molar-refractivity contribution >= 4 is 16.9 Å². The van der Waals surface area contributed by atoms with Crippen LogP contribution in [0.3, 0.4) is 0 Å². The minimum Gasteiger partial charge on any atom is -0.368 e. The van der Waals surface area contributed by atoms with E-state index in [1.54, 1.807) is 4.57 Å². The Hall–Kier alpha value is -2.08. The number of nitrogens with one attached hydrogen (secondary N) is 2. The molecule has 0 bridgehead atoms. The fourth-order valence-electron chi connectivity index (χ4n) is 2.52. The van der Waals surface area contributed by atoms with Crippen molar-refractivity contribution in [1.82, 2.24) is 14.9 Å². The monoisotopic (exact) mass is 275 g/mol. The van der Waals surface area contributed by atoms with Crippen LogP contribution in [0.4, 0.5) is 0 Å². The van der Waals surface area contributed by atoms with E-state index in [1.165, 1.54) is 0 Å². The predicted molar refractivity (Wildman–Crippen MR) is 74.5 cm³/mol. The molecule has 2 heterocycles. The Balaban J connectivity index is 1.64. The highest BCUT2D eigenvalue weighted by atomic mass is 16.5. The first-order valence-electron chi connectivity index (χ1n) is 6.82.